The Morgan fingerprint density at radius 2 is 2.18 bits per heavy atom. The molecule has 0 bridgehead atoms. The highest BCUT2D eigenvalue weighted by Gasteiger charge is 2.21. The molecule has 2 heterocycles. The van der Waals surface area contributed by atoms with Crippen LogP contribution in [0, 0.1) is 0 Å². The van der Waals surface area contributed by atoms with Crippen LogP contribution in [0.15, 0.2) is 23.2 Å². The van der Waals surface area contributed by atoms with E-state index in [2.05, 4.69) is 23.1 Å². The monoisotopic (exact) mass is 248 g/mol. The highest BCUT2D eigenvalue weighted by molar-refractivity contribution is 6.17. The summed E-state index contributed by atoms with van der Waals surface area (Å²) in [7, 11) is 0. The highest BCUT2D eigenvalue weighted by atomic mass is 35.5. The first-order chi connectivity index (χ1) is 8.36. The molecule has 1 fully saturated rings. The molecule has 1 saturated heterocycles. The third-order valence-electron chi connectivity index (χ3n) is 3.61. The van der Waals surface area contributed by atoms with Crippen LogP contribution in [0.5, 0.6) is 0 Å². The van der Waals surface area contributed by atoms with Crippen molar-refractivity contribution in [3.05, 3.63) is 29.3 Å². The van der Waals surface area contributed by atoms with Crippen molar-refractivity contribution in [1.82, 2.24) is 4.90 Å². The van der Waals surface area contributed by atoms with Crippen LogP contribution in [0.1, 0.15) is 36.8 Å². The van der Waals surface area contributed by atoms with Crippen LogP contribution < -0.4 is 0 Å². The first kappa shape index (κ1) is 11.1. The average Bonchev–Trinajstić information content (AvgIpc) is 2.60. The molecule has 0 radical (unpaired) electrons. The zero-order valence-electron chi connectivity index (χ0n) is 9.95. The molecule has 2 aliphatic rings. The van der Waals surface area contributed by atoms with Gasteiger partial charge < -0.3 is 4.90 Å². The number of nitrogens with zero attached hydrogens (tertiary/aromatic N) is 2. The van der Waals surface area contributed by atoms with Crippen molar-refractivity contribution in [2.45, 2.75) is 38.1 Å². The van der Waals surface area contributed by atoms with Gasteiger partial charge in [-0.2, -0.15) is 0 Å². The van der Waals surface area contributed by atoms with Gasteiger partial charge in [-0.05, 0) is 30.0 Å². The predicted molar refractivity (Wildman–Crippen MR) is 72.0 cm³/mol. The van der Waals surface area contributed by atoms with Gasteiger partial charge in [0.05, 0.1) is 5.69 Å². The van der Waals surface area contributed by atoms with Gasteiger partial charge in [-0.25, -0.2) is 4.99 Å². The number of benzene rings is 1. The van der Waals surface area contributed by atoms with Gasteiger partial charge in [0, 0.05) is 25.4 Å². The number of rotatable bonds is 1. The Hall–Kier alpha value is -1.02. The fourth-order valence-electron chi connectivity index (χ4n) is 2.62. The van der Waals surface area contributed by atoms with Crippen LogP contribution in [0.3, 0.4) is 0 Å². The smallest absolute Gasteiger partial charge is 0.105 e. The van der Waals surface area contributed by atoms with Gasteiger partial charge in [0.1, 0.15) is 5.84 Å². The molecule has 0 unspecified atom stereocenters. The third kappa shape index (κ3) is 2.19. The van der Waals surface area contributed by atoms with E-state index in [1.54, 1.807) is 0 Å². The van der Waals surface area contributed by atoms with Crippen molar-refractivity contribution in [1.29, 1.82) is 0 Å². The van der Waals surface area contributed by atoms with Crippen molar-refractivity contribution >= 4 is 23.1 Å². The predicted octanol–water partition coefficient (Wildman–Crippen LogP) is 3.85. The second-order valence-electron chi connectivity index (χ2n) is 4.86. The molecule has 0 aliphatic carbocycles. The number of halogens is 1. The van der Waals surface area contributed by atoms with E-state index >= 15 is 0 Å². The molecular formula is C14H17ClN2. The van der Waals surface area contributed by atoms with E-state index in [-0.39, 0.29) is 0 Å². The van der Waals surface area contributed by atoms with Crippen LogP contribution in [-0.2, 0) is 12.4 Å². The molecule has 17 heavy (non-hydrogen) atoms. The SMILES string of the molecule is ClCc1ccc2c(c1)N=C1CCCCCN1C2. The maximum absolute atomic E-state index is 5.87. The lowest BCUT2D eigenvalue weighted by Crippen LogP contribution is -2.32. The van der Waals surface area contributed by atoms with Crippen LogP contribution in [0.2, 0.25) is 0 Å². The zero-order valence-corrected chi connectivity index (χ0v) is 10.7. The molecule has 0 amide bonds. The van der Waals surface area contributed by atoms with Crippen LogP contribution >= 0.6 is 11.6 Å². The molecule has 3 heteroatoms. The number of aliphatic imine (C=N–C) groups is 1. The maximum atomic E-state index is 5.87. The molecule has 0 saturated carbocycles. The largest absolute Gasteiger partial charge is 0.356 e. The molecule has 0 aromatic heterocycles. The summed E-state index contributed by atoms with van der Waals surface area (Å²) in [5.41, 5.74) is 3.64. The molecule has 0 N–H and O–H groups in total. The van der Waals surface area contributed by atoms with Gasteiger partial charge in [0.2, 0.25) is 0 Å². The highest BCUT2D eigenvalue weighted by Crippen LogP contribution is 2.30. The molecule has 1 aromatic carbocycles. The third-order valence-corrected chi connectivity index (χ3v) is 3.92. The van der Waals surface area contributed by atoms with E-state index in [0.717, 1.165) is 30.8 Å². The van der Waals surface area contributed by atoms with E-state index in [1.165, 1.54) is 30.7 Å². The van der Waals surface area contributed by atoms with Crippen molar-refractivity contribution in [3.63, 3.8) is 0 Å². The van der Waals surface area contributed by atoms with Crippen LogP contribution in [-0.4, -0.2) is 17.3 Å². The normalized spacial score (nSPS) is 19.1. The van der Waals surface area contributed by atoms with E-state index in [9.17, 15) is 0 Å². The summed E-state index contributed by atoms with van der Waals surface area (Å²) in [6.45, 7) is 2.19. The van der Waals surface area contributed by atoms with Crippen LogP contribution in [0.25, 0.3) is 0 Å². The second-order valence-corrected chi connectivity index (χ2v) is 5.12. The molecule has 0 atom stereocenters. The minimum atomic E-state index is 0.571. The van der Waals surface area contributed by atoms with Gasteiger partial charge in [-0.3, -0.25) is 0 Å². The first-order valence-corrected chi connectivity index (χ1v) is 6.90. The lowest BCUT2D eigenvalue weighted by Gasteiger charge is -2.29. The first-order valence-electron chi connectivity index (χ1n) is 6.37. The minimum Gasteiger partial charge on any atom is -0.356 e. The number of fused-ring (bicyclic) bond motifs is 2. The Morgan fingerprint density at radius 1 is 1.24 bits per heavy atom. The van der Waals surface area contributed by atoms with Gasteiger partial charge in [0.15, 0.2) is 0 Å². The molecule has 90 valence electrons. The standard InChI is InChI=1S/C14H17ClN2/c15-9-11-5-6-12-10-17-7-3-1-2-4-14(17)16-13(12)8-11/h5-6,8H,1-4,7,9-10H2. The maximum Gasteiger partial charge on any atom is 0.105 e. The fourth-order valence-corrected chi connectivity index (χ4v) is 2.79. The van der Waals surface area contributed by atoms with E-state index in [0.29, 0.717) is 5.88 Å². The summed E-state index contributed by atoms with van der Waals surface area (Å²) < 4.78 is 0. The van der Waals surface area contributed by atoms with Gasteiger partial charge in [0.25, 0.3) is 0 Å². The molecule has 0 spiro atoms. The Bertz CT molecular complexity index is 454. The minimum absolute atomic E-state index is 0.571. The van der Waals surface area contributed by atoms with Crippen molar-refractivity contribution in [2.75, 3.05) is 6.54 Å². The summed E-state index contributed by atoms with van der Waals surface area (Å²) in [6.07, 6.45) is 5.04. The Labute approximate surface area is 107 Å². The lowest BCUT2D eigenvalue weighted by atomic mass is 10.1. The number of amidine groups is 1. The van der Waals surface area contributed by atoms with Crippen molar-refractivity contribution in [2.24, 2.45) is 4.99 Å². The second kappa shape index (κ2) is 4.69. The van der Waals surface area contributed by atoms with E-state index < -0.39 is 0 Å². The van der Waals surface area contributed by atoms with E-state index in [1.807, 2.05) is 0 Å². The molecule has 3 rings (SSSR count). The average molecular weight is 249 g/mol. The topological polar surface area (TPSA) is 15.6 Å². The van der Waals surface area contributed by atoms with Crippen molar-refractivity contribution < 1.29 is 0 Å². The summed E-state index contributed by atoms with van der Waals surface area (Å²) in [5, 5.41) is 0. The number of hydrogen-bond acceptors (Lipinski definition) is 2. The van der Waals surface area contributed by atoms with Crippen LogP contribution in [0.4, 0.5) is 5.69 Å². The number of alkyl halides is 1. The summed E-state index contributed by atoms with van der Waals surface area (Å²) in [5.74, 6) is 1.85. The Kier molecular flexibility index (Phi) is 3.06. The summed E-state index contributed by atoms with van der Waals surface area (Å²) >= 11 is 5.87. The summed E-state index contributed by atoms with van der Waals surface area (Å²) in [4.78, 5) is 7.26. The summed E-state index contributed by atoms with van der Waals surface area (Å²) in [6, 6.07) is 6.43. The molecule has 2 aliphatic heterocycles. The molecule has 1 aromatic rings. The fraction of sp³-hybridized carbons (Fsp3) is 0.500. The Morgan fingerprint density at radius 3 is 3.06 bits per heavy atom. The van der Waals surface area contributed by atoms with Gasteiger partial charge >= 0.3 is 0 Å². The van der Waals surface area contributed by atoms with Gasteiger partial charge in [-0.1, -0.05) is 18.6 Å². The Balaban J connectivity index is 1.97. The number of hydrogen-bond donors (Lipinski definition) is 0. The quantitative estimate of drug-likeness (QED) is 0.690. The van der Waals surface area contributed by atoms with E-state index in [4.69, 9.17) is 16.6 Å². The molecule has 2 nitrogen and oxygen atoms in total. The molecular weight excluding hydrogens is 232 g/mol. The lowest BCUT2D eigenvalue weighted by molar-refractivity contribution is 0.403. The zero-order chi connectivity index (χ0) is 11.7. The van der Waals surface area contributed by atoms with Gasteiger partial charge in [-0.15, -0.1) is 11.6 Å². The van der Waals surface area contributed by atoms with Crippen molar-refractivity contribution in [3.8, 4) is 0 Å².